The molecule has 1 rings (SSSR count). The lowest BCUT2D eigenvalue weighted by atomic mass is 10.2. The fraction of sp³-hybridized carbons (Fsp3) is 0.786. The van der Waals surface area contributed by atoms with Crippen LogP contribution in [-0.4, -0.2) is 42.7 Å². The number of halogens is 1. The molecule has 0 radical (unpaired) electrons. The Morgan fingerprint density at radius 1 is 1.47 bits per heavy atom. The van der Waals surface area contributed by atoms with Gasteiger partial charge in [-0.2, -0.15) is 0 Å². The number of rotatable bonds is 10. The van der Waals surface area contributed by atoms with Gasteiger partial charge in [-0.1, -0.05) is 6.92 Å². The Morgan fingerprint density at radius 2 is 2.26 bits per heavy atom. The van der Waals surface area contributed by atoms with Gasteiger partial charge in [-0.05, 0) is 26.3 Å². The summed E-state index contributed by atoms with van der Waals surface area (Å²) in [4.78, 5) is 7.00. The van der Waals surface area contributed by atoms with Crippen LogP contribution >= 0.6 is 22.9 Å². The Kier molecular flexibility index (Phi) is 8.62. The number of hydrogen-bond acceptors (Lipinski definition) is 4. The third-order valence-corrected chi connectivity index (χ3v) is 4.60. The van der Waals surface area contributed by atoms with E-state index in [4.69, 9.17) is 16.3 Å². The zero-order chi connectivity index (χ0) is 14.1. The molecule has 110 valence electrons. The molecule has 0 aromatic carbocycles. The van der Waals surface area contributed by atoms with Gasteiger partial charge < -0.3 is 4.74 Å². The van der Waals surface area contributed by atoms with Gasteiger partial charge >= 0.3 is 0 Å². The molecule has 1 unspecified atom stereocenters. The Hall–Kier alpha value is -0.160. The van der Waals surface area contributed by atoms with Gasteiger partial charge in [-0.3, -0.25) is 4.90 Å². The second-order valence-corrected chi connectivity index (χ2v) is 5.97. The van der Waals surface area contributed by atoms with E-state index >= 15 is 0 Å². The van der Waals surface area contributed by atoms with Crippen molar-refractivity contribution in [2.24, 2.45) is 0 Å². The summed E-state index contributed by atoms with van der Waals surface area (Å²) in [5.74, 6) is 0.517. The molecule has 1 aromatic heterocycles. The van der Waals surface area contributed by atoms with Crippen molar-refractivity contribution in [2.75, 3.05) is 26.8 Å². The van der Waals surface area contributed by atoms with Crippen LogP contribution in [0.5, 0.6) is 0 Å². The minimum Gasteiger partial charge on any atom is -0.383 e. The van der Waals surface area contributed by atoms with Crippen LogP contribution in [0.25, 0.3) is 0 Å². The number of methoxy groups -OCH3 is 1. The quantitative estimate of drug-likeness (QED) is 0.618. The molecule has 0 spiro atoms. The van der Waals surface area contributed by atoms with Crippen LogP contribution in [0, 0.1) is 0 Å². The van der Waals surface area contributed by atoms with Crippen molar-refractivity contribution in [3.05, 3.63) is 16.1 Å². The van der Waals surface area contributed by atoms with Gasteiger partial charge in [0.15, 0.2) is 0 Å². The summed E-state index contributed by atoms with van der Waals surface area (Å²) in [5.41, 5.74) is 1.000. The van der Waals surface area contributed by atoms with Crippen LogP contribution in [-0.2, 0) is 17.0 Å². The van der Waals surface area contributed by atoms with E-state index in [2.05, 4.69) is 29.1 Å². The zero-order valence-electron chi connectivity index (χ0n) is 12.2. The van der Waals surface area contributed by atoms with Gasteiger partial charge in [0.2, 0.25) is 0 Å². The van der Waals surface area contributed by atoms with Crippen molar-refractivity contribution in [3.63, 3.8) is 0 Å². The largest absolute Gasteiger partial charge is 0.383 e. The maximum absolute atomic E-state index is 5.76. The van der Waals surface area contributed by atoms with Crippen molar-refractivity contribution in [1.29, 1.82) is 0 Å². The molecule has 0 aliphatic rings. The molecule has 19 heavy (non-hydrogen) atoms. The van der Waals surface area contributed by atoms with Crippen molar-refractivity contribution >= 4 is 22.9 Å². The maximum atomic E-state index is 5.76. The van der Waals surface area contributed by atoms with Crippen LogP contribution in [0.15, 0.2) is 5.38 Å². The Labute approximate surface area is 125 Å². The molecule has 5 heteroatoms. The summed E-state index contributed by atoms with van der Waals surface area (Å²) >= 11 is 7.48. The molecule has 0 fully saturated rings. The normalized spacial score (nSPS) is 13.1. The first-order valence-electron chi connectivity index (χ1n) is 6.93. The first kappa shape index (κ1) is 16.9. The molecule has 0 saturated carbocycles. The molecular weight excluding hydrogens is 280 g/mol. The smallest absolute Gasteiger partial charge is 0.0929 e. The number of thiazole rings is 1. The first-order valence-corrected chi connectivity index (χ1v) is 8.34. The van der Waals surface area contributed by atoms with Gasteiger partial charge in [-0.15, -0.1) is 22.9 Å². The van der Waals surface area contributed by atoms with E-state index in [1.54, 1.807) is 18.4 Å². The lowest BCUT2D eigenvalue weighted by Gasteiger charge is -2.27. The number of hydrogen-bond donors (Lipinski definition) is 0. The molecule has 1 aromatic rings. The van der Waals surface area contributed by atoms with E-state index < -0.39 is 0 Å². The standard InChI is InChI=1S/C14H25ClN2OS/c1-4-12(2)17(8-9-18-3)7-5-6-14-16-13(10-15)11-19-14/h11-12H,4-10H2,1-3H3. The summed E-state index contributed by atoms with van der Waals surface area (Å²) < 4.78 is 5.18. The number of ether oxygens (including phenoxy) is 1. The average Bonchev–Trinajstić information content (AvgIpc) is 2.89. The summed E-state index contributed by atoms with van der Waals surface area (Å²) in [6.45, 7) is 7.44. The molecule has 1 heterocycles. The number of nitrogens with zero attached hydrogens (tertiary/aromatic N) is 2. The molecule has 0 bridgehead atoms. The minimum absolute atomic E-state index is 0.517. The highest BCUT2D eigenvalue weighted by molar-refractivity contribution is 7.09. The molecule has 0 saturated heterocycles. The average molecular weight is 305 g/mol. The fourth-order valence-corrected chi connectivity index (χ4v) is 3.05. The zero-order valence-corrected chi connectivity index (χ0v) is 13.8. The van der Waals surface area contributed by atoms with E-state index in [1.807, 2.05) is 0 Å². The van der Waals surface area contributed by atoms with E-state index in [9.17, 15) is 0 Å². The fourth-order valence-electron chi connectivity index (χ4n) is 1.98. The summed E-state index contributed by atoms with van der Waals surface area (Å²) in [6.07, 6.45) is 3.36. The van der Waals surface area contributed by atoms with Gasteiger partial charge in [0.05, 0.1) is 23.2 Å². The maximum Gasteiger partial charge on any atom is 0.0929 e. The Balaban J connectivity index is 2.34. The highest BCUT2D eigenvalue weighted by Gasteiger charge is 2.11. The van der Waals surface area contributed by atoms with Crippen LogP contribution in [0.1, 0.15) is 37.4 Å². The van der Waals surface area contributed by atoms with E-state index in [0.717, 1.165) is 38.2 Å². The predicted octanol–water partition coefficient (Wildman–Crippen LogP) is 3.56. The second kappa shape index (κ2) is 9.70. The van der Waals surface area contributed by atoms with Crippen LogP contribution in [0.2, 0.25) is 0 Å². The third kappa shape index (κ3) is 6.21. The number of aromatic nitrogens is 1. The van der Waals surface area contributed by atoms with Gasteiger partial charge in [0, 0.05) is 31.5 Å². The van der Waals surface area contributed by atoms with Gasteiger partial charge in [0.25, 0.3) is 0 Å². The van der Waals surface area contributed by atoms with Crippen molar-refractivity contribution in [3.8, 4) is 0 Å². The van der Waals surface area contributed by atoms with Crippen LogP contribution in [0.4, 0.5) is 0 Å². The SMILES string of the molecule is CCC(C)N(CCCc1nc(CCl)cs1)CCOC. The monoisotopic (exact) mass is 304 g/mol. The van der Waals surface area contributed by atoms with Gasteiger partial charge in [-0.25, -0.2) is 4.98 Å². The first-order chi connectivity index (χ1) is 9.21. The molecule has 3 nitrogen and oxygen atoms in total. The summed E-state index contributed by atoms with van der Waals surface area (Å²) in [5, 5.41) is 3.26. The molecule has 0 aliphatic carbocycles. The molecular formula is C14H25ClN2OS. The topological polar surface area (TPSA) is 25.4 Å². The lowest BCUT2D eigenvalue weighted by Crippen LogP contribution is -2.36. The number of alkyl halides is 1. The lowest BCUT2D eigenvalue weighted by molar-refractivity contribution is 0.122. The second-order valence-electron chi connectivity index (χ2n) is 4.76. The Bertz CT molecular complexity index is 346. The third-order valence-electron chi connectivity index (χ3n) is 3.37. The highest BCUT2D eigenvalue weighted by atomic mass is 35.5. The van der Waals surface area contributed by atoms with Crippen LogP contribution in [0.3, 0.4) is 0 Å². The van der Waals surface area contributed by atoms with Crippen molar-refractivity contribution in [2.45, 2.75) is 45.0 Å². The molecule has 0 aliphatic heterocycles. The Morgan fingerprint density at radius 3 is 2.84 bits per heavy atom. The summed E-state index contributed by atoms with van der Waals surface area (Å²) in [6, 6.07) is 0.616. The van der Waals surface area contributed by atoms with Crippen molar-refractivity contribution < 1.29 is 4.74 Å². The van der Waals surface area contributed by atoms with Crippen molar-refractivity contribution in [1.82, 2.24) is 9.88 Å². The van der Waals surface area contributed by atoms with E-state index in [1.165, 1.54) is 11.4 Å². The predicted molar refractivity (Wildman–Crippen MR) is 83.2 cm³/mol. The van der Waals surface area contributed by atoms with Crippen LogP contribution < -0.4 is 0 Å². The van der Waals surface area contributed by atoms with E-state index in [0.29, 0.717) is 11.9 Å². The molecule has 1 atom stereocenters. The highest BCUT2D eigenvalue weighted by Crippen LogP contribution is 2.14. The number of aryl methyl sites for hydroxylation is 1. The van der Waals surface area contributed by atoms with Gasteiger partial charge in [0.1, 0.15) is 0 Å². The van der Waals surface area contributed by atoms with E-state index in [-0.39, 0.29) is 0 Å². The molecule has 0 amide bonds. The molecule has 0 N–H and O–H groups in total. The minimum atomic E-state index is 0.517. The summed E-state index contributed by atoms with van der Waals surface area (Å²) in [7, 11) is 1.76.